The number of aliphatic hydroxyl groups excluding tert-OH is 6. The molecule has 2 aliphatic heterocycles. The number of aliphatic hydroxyl groups is 6. The second-order valence-corrected chi connectivity index (χ2v) is 13.2. The molecule has 15 nitrogen and oxygen atoms in total. The fourth-order valence-corrected chi connectivity index (χ4v) is 6.25. The van der Waals surface area contributed by atoms with Gasteiger partial charge in [-0.15, -0.1) is 0 Å². The van der Waals surface area contributed by atoms with Crippen molar-refractivity contribution in [2.75, 3.05) is 13.2 Å². The van der Waals surface area contributed by atoms with E-state index in [0.717, 1.165) is 25.7 Å². The molecule has 2 aliphatic rings. The van der Waals surface area contributed by atoms with E-state index in [1.165, 1.54) is 64.2 Å². The minimum absolute atomic E-state index is 0.0674. The van der Waals surface area contributed by atoms with Gasteiger partial charge < -0.3 is 49.6 Å². The van der Waals surface area contributed by atoms with Crippen molar-refractivity contribution in [3.8, 4) is 0 Å². The summed E-state index contributed by atoms with van der Waals surface area (Å²) in [6.07, 6.45) is -0.918. The fourth-order valence-electron chi connectivity index (χ4n) is 5.77. The van der Waals surface area contributed by atoms with E-state index >= 15 is 0 Å². The summed E-state index contributed by atoms with van der Waals surface area (Å²) in [5.41, 5.74) is 0. The van der Waals surface area contributed by atoms with Gasteiger partial charge in [0.2, 0.25) is 0 Å². The SMILES string of the molecule is CCCCCCCCCCCCCCCCCC(=O)O[C@H]1[C@@H](O)[C@@H](CO)O[C@@H](O[C@H]2[C@H](O)[C@@H](O)[C@H](O)O[C@@H]2CO)[C@@H]1OS(=O)(=O)O. The summed E-state index contributed by atoms with van der Waals surface area (Å²) >= 11 is 0. The monoisotopic (exact) mass is 688 g/mol. The predicted octanol–water partition coefficient (Wildman–Crippen LogP) is 1.24. The lowest BCUT2D eigenvalue weighted by atomic mass is 9.97. The molecule has 2 heterocycles. The Morgan fingerprint density at radius 3 is 1.63 bits per heavy atom. The minimum Gasteiger partial charge on any atom is -0.456 e. The number of esters is 1. The van der Waals surface area contributed by atoms with Crippen molar-refractivity contribution in [2.24, 2.45) is 0 Å². The normalized spacial score (nSPS) is 32.0. The van der Waals surface area contributed by atoms with Crippen LogP contribution in [0.5, 0.6) is 0 Å². The van der Waals surface area contributed by atoms with E-state index < -0.39 is 91.0 Å². The maximum Gasteiger partial charge on any atom is 0.397 e. The van der Waals surface area contributed by atoms with Crippen molar-refractivity contribution in [3.63, 3.8) is 0 Å². The van der Waals surface area contributed by atoms with Gasteiger partial charge in [-0.05, 0) is 6.42 Å². The number of hydrogen-bond donors (Lipinski definition) is 7. The Hall–Kier alpha value is -1.02. The molecular weight excluding hydrogens is 632 g/mol. The van der Waals surface area contributed by atoms with Gasteiger partial charge in [0.05, 0.1) is 13.2 Å². The highest BCUT2D eigenvalue weighted by Gasteiger charge is 2.54. The van der Waals surface area contributed by atoms with Crippen LogP contribution in [0.2, 0.25) is 0 Å². The first-order valence-corrected chi connectivity index (χ1v) is 18.1. The summed E-state index contributed by atoms with van der Waals surface area (Å²) in [6.45, 7) is 0.547. The van der Waals surface area contributed by atoms with Crippen molar-refractivity contribution in [1.82, 2.24) is 0 Å². The molecule has 0 aromatic rings. The standard InChI is InChI=1S/C30H56O15S/c1-2-3-4-5-6-7-8-9-10-11-12-13-14-15-16-17-22(33)43-27-23(34)20(18-31)42-30(28(27)45-46(38,39)40)44-26-21(19-32)41-29(37)25(36)24(26)35/h20-21,23-32,34-37H,2-19H2,1H3,(H,38,39,40)/t20-,21-,23+,24-,25-,26-,27+,28-,29-,30+/m1/s1. The molecule has 0 amide bonds. The molecule has 46 heavy (non-hydrogen) atoms. The molecule has 7 N–H and O–H groups in total. The van der Waals surface area contributed by atoms with Gasteiger partial charge in [-0.2, -0.15) is 8.42 Å². The first-order valence-electron chi connectivity index (χ1n) is 16.7. The average Bonchev–Trinajstić information content (AvgIpc) is 3.01. The molecule has 0 aromatic carbocycles. The fraction of sp³-hybridized carbons (Fsp3) is 0.967. The zero-order chi connectivity index (χ0) is 34.1. The van der Waals surface area contributed by atoms with Gasteiger partial charge in [-0.1, -0.05) is 96.8 Å². The number of carbonyl (C=O) groups excluding carboxylic acids is 1. The topological polar surface area (TPSA) is 239 Å². The van der Waals surface area contributed by atoms with Crippen LogP contribution < -0.4 is 0 Å². The molecule has 2 fully saturated rings. The Morgan fingerprint density at radius 1 is 0.652 bits per heavy atom. The molecule has 2 saturated heterocycles. The average molecular weight is 689 g/mol. The summed E-state index contributed by atoms with van der Waals surface area (Å²) in [5.74, 6) is -0.812. The highest BCUT2D eigenvalue weighted by Crippen LogP contribution is 2.32. The van der Waals surface area contributed by atoms with Crippen LogP contribution in [0.4, 0.5) is 0 Å². The summed E-state index contributed by atoms with van der Waals surface area (Å²) in [5, 5.41) is 60.3. The zero-order valence-electron chi connectivity index (χ0n) is 26.8. The maximum absolute atomic E-state index is 12.7. The molecule has 10 atom stereocenters. The molecule has 272 valence electrons. The van der Waals surface area contributed by atoms with Crippen LogP contribution in [0.15, 0.2) is 0 Å². The van der Waals surface area contributed by atoms with Gasteiger partial charge in [-0.25, -0.2) is 4.18 Å². The van der Waals surface area contributed by atoms with Gasteiger partial charge in [0.15, 0.2) is 24.8 Å². The molecule has 16 heteroatoms. The third-order valence-corrected chi connectivity index (χ3v) is 8.88. The van der Waals surface area contributed by atoms with Crippen LogP contribution in [0.1, 0.15) is 110 Å². The Kier molecular flexibility index (Phi) is 19.5. The van der Waals surface area contributed by atoms with E-state index in [9.17, 15) is 48.4 Å². The highest BCUT2D eigenvalue weighted by atomic mass is 32.3. The van der Waals surface area contributed by atoms with Crippen LogP contribution in [0, 0.1) is 0 Å². The molecule has 0 bridgehead atoms. The smallest absolute Gasteiger partial charge is 0.397 e. The van der Waals surface area contributed by atoms with Gasteiger partial charge in [0, 0.05) is 6.42 Å². The van der Waals surface area contributed by atoms with E-state index in [4.69, 9.17) is 18.9 Å². The predicted molar refractivity (Wildman–Crippen MR) is 162 cm³/mol. The lowest BCUT2D eigenvalue weighted by molar-refractivity contribution is -0.352. The number of carbonyl (C=O) groups is 1. The van der Waals surface area contributed by atoms with Crippen LogP contribution >= 0.6 is 0 Å². The second-order valence-electron chi connectivity index (χ2n) is 12.2. The van der Waals surface area contributed by atoms with Crippen LogP contribution in [0.3, 0.4) is 0 Å². The molecule has 0 radical (unpaired) electrons. The van der Waals surface area contributed by atoms with E-state index in [2.05, 4.69) is 11.1 Å². The van der Waals surface area contributed by atoms with Gasteiger partial charge in [-0.3, -0.25) is 9.35 Å². The molecule has 0 unspecified atom stereocenters. The number of rotatable bonds is 23. The van der Waals surface area contributed by atoms with Crippen LogP contribution in [0.25, 0.3) is 0 Å². The third kappa shape index (κ3) is 14.2. The largest absolute Gasteiger partial charge is 0.456 e. The zero-order valence-corrected chi connectivity index (χ0v) is 27.6. The molecule has 2 rings (SSSR count). The second kappa shape index (κ2) is 21.8. The lowest BCUT2D eigenvalue weighted by Crippen LogP contribution is -2.65. The number of unbranched alkanes of at least 4 members (excludes halogenated alkanes) is 14. The molecular formula is C30H56O15S. The minimum atomic E-state index is -5.27. The number of ether oxygens (including phenoxy) is 4. The van der Waals surface area contributed by atoms with Gasteiger partial charge >= 0.3 is 16.4 Å². The van der Waals surface area contributed by atoms with Gasteiger partial charge in [0.25, 0.3) is 0 Å². The quantitative estimate of drug-likeness (QED) is 0.0454. The van der Waals surface area contributed by atoms with Crippen molar-refractivity contribution in [2.45, 2.75) is 171 Å². The molecule has 0 spiro atoms. The molecule has 0 aromatic heterocycles. The van der Waals surface area contributed by atoms with E-state index in [-0.39, 0.29) is 6.42 Å². The highest BCUT2D eigenvalue weighted by molar-refractivity contribution is 7.80. The van der Waals surface area contributed by atoms with E-state index in [0.29, 0.717) is 6.42 Å². The Morgan fingerprint density at radius 2 is 1.15 bits per heavy atom. The lowest BCUT2D eigenvalue weighted by Gasteiger charge is -2.46. The summed E-state index contributed by atoms with van der Waals surface area (Å²) in [7, 11) is -5.27. The van der Waals surface area contributed by atoms with Crippen molar-refractivity contribution in [3.05, 3.63) is 0 Å². The first kappa shape index (κ1) is 41.2. The summed E-state index contributed by atoms with van der Waals surface area (Å²) in [6, 6.07) is 0. The Balaban J connectivity index is 1.86. The third-order valence-electron chi connectivity index (χ3n) is 8.41. The van der Waals surface area contributed by atoms with Crippen molar-refractivity contribution < 1.29 is 71.5 Å². The Bertz CT molecular complexity index is 935. The van der Waals surface area contributed by atoms with Crippen LogP contribution in [-0.2, 0) is 38.3 Å². The van der Waals surface area contributed by atoms with E-state index in [1.54, 1.807) is 0 Å². The Labute approximate surface area is 272 Å². The van der Waals surface area contributed by atoms with Crippen molar-refractivity contribution in [1.29, 1.82) is 0 Å². The summed E-state index contributed by atoms with van der Waals surface area (Å²) < 4.78 is 58.8. The molecule has 0 saturated carbocycles. The van der Waals surface area contributed by atoms with Crippen LogP contribution in [-0.4, -0.2) is 124 Å². The van der Waals surface area contributed by atoms with Crippen molar-refractivity contribution >= 4 is 16.4 Å². The maximum atomic E-state index is 12.7. The molecule has 0 aliphatic carbocycles. The summed E-state index contributed by atoms with van der Waals surface area (Å²) in [4.78, 5) is 12.7. The number of hydrogen-bond acceptors (Lipinski definition) is 14. The first-order chi connectivity index (χ1) is 21.9. The van der Waals surface area contributed by atoms with Gasteiger partial charge in [0.1, 0.15) is 36.6 Å². The van der Waals surface area contributed by atoms with E-state index in [1.807, 2.05) is 0 Å².